The molecule has 0 aliphatic heterocycles. The van der Waals surface area contributed by atoms with Gasteiger partial charge in [-0.2, -0.15) is 5.26 Å². The van der Waals surface area contributed by atoms with Gasteiger partial charge in [0.05, 0.1) is 11.6 Å². The fourth-order valence-electron chi connectivity index (χ4n) is 2.04. The van der Waals surface area contributed by atoms with Gasteiger partial charge in [-0.05, 0) is 43.3 Å². The number of hydrogen-bond acceptors (Lipinski definition) is 3. The monoisotopic (exact) mass is 251 g/mol. The fraction of sp³-hybridized carbons (Fsp3) is 0.250. The number of nitrogens with zero attached hydrogens (tertiary/aromatic N) is 3. The van der Waals surface area contributed by atoms with Crippen molar-refractivity contribution in [3.8, 4) is 6.07 Å². The van der Waals surface area contributed by atoms with Crippen molar-refractivity contribution >= 4 is 0 Å². The summed E-state index contributed by atoms with van der Waals surface area (Å²) in [4.78, 5) is 6.40. The largest absolute Gasteiger partial charge is 0.295 e. The van der Waals surface area contributed by atoms with Crippen LogP contribution in [0.15, 0.2) is 48.8 Å². The van der Waals surface area contributed by atoms with Crippen LogP contribution in [0.5, 0.6) is 0 Å². The molecule has 0 aliphatic carbocycles. The first-order chi connectivity index (χ1) is 9.20. The van der Waals surface area contributed by atoms with Gasteiger partial charge in [-0.1, -0.05) is 18.2 Å². The fourth-order valence-corrected chi connectivity index (χ4v) is 2.04. The lowest BCUT2D eigenvalue weighted by Gasteiger charge is -2.24. The van der Waals surface area contributed by atoms with Gasteiger partial charge in [0.2, 0.25) is 0 Å². The van der Waals surface area contributed by atoms with E-state index in [9.17, 15) is 0 Å². The highest BCUT2D eigenvalue weighted by Gasteiger charge is 2.12. The molecule has 1 aromatic carbocycles. The Balaban J connectivity index is 2.08. The van der Waals surface area contributed by atoms with Crippen molar-refractivity contribution in [2.45, 2.75) is 19.5 Å². The number of nitriles is 1. The summed E-state index contributed by atoms with van der Waals surface area (Å²) >= 11 is 0. The van der Waals surface area contributed by atoms with Gasteiger partial charge in [-0.3, -0.25) is 9.88 Å². The second-order valence-electron chi connectivity index (χ2n) is 4.69. The Morgan fingerprint density at radius 3 is 2.84 bits per heavy atom. The minimum absolute atomic E-state index is 0.291. The molecule has 2 aromatic rings. The highest BCUT2D eigenvalue weighted by atomic mass is 15.1. The molecule has 3 nitrogen and oxygen atoms in total. The van der Waals surface area contributed by atoms with Gasteiger partial charge in [0.25, 0.3) is 0 Å². The molecule has 0 bridgehead atoms. The topological polar surface area (TPSA) is 39.9 Å². The maximum Gasteiger partial charge on any atom is 0.0991 e. The lowest BCUT2D eigenvalue weighted by Crippen LogP contribution is -2.22. The van der Waals surface area contributed by atoms with Crippen LogP contribution in [0.25, 0.3) is 0 Å². The molecular formula is C16H17N3. The minimum atomic E-state index is 0.291. The highest BCUT2D eigenvalue weighted by molar-refractivity contribution is 5.32. The number of pyridine rings is 1. The van der Waals surface area contributed by atoms with Crippen LogP contribution in [0.4, 0.5) is 0 Å². The second kappa shape index (κ2) is 6.12. The summed E-state index contributed by atoms with van der Waals surface area (Å²) in [6.45, 7) is 2.97. The molecule has 0 saturated carbocycles. The summed E-state index contributed by atoms with van der Waals surface area (Å²) < 4.78 is 0. The van der Waals surface area contributed by atoms with E-state index in [0.29, 0.717) is 11.6 Å². The van der Waals surface area contributed by atoms with E-state index < -0.39 is 0 Å². The Labute approximate surface area is 114 Å². The van der Waals surface area contributed by atoms with Crippen molar-refractivity contribution in [3.05, 3.63) is 65.5 Å². The predicted octanol–water partition coefficient (Wildman–Crippen LogP) is 3.15. The predicted molar refractivity (Wildman–Crippen MR) is 75.3 cm³/mol. The molecule has 1 heterocycles. The van der Waals surface area contributed by atoms with Crippen molar-refractivity contribution < 1.29 is 0 Å². The van der Waals surface area contributed by atoms with Crippen molar-refractivity contribution in [3.63, 3.8) is 0 Å². The van der Waals surface area contributed by atoms with Gasteiger partial charge in [0.1, 0.15) is 0 Å². The summed E-state index contributed by atoms with van der Waals surface area (Å²) in [5.74, 6) is 0. The smallest absolute Gasteiger partial charge is 0.0991 e. The summed E-state index contributed by atoms with van der Waals surface area (Å²) in [5.41, 5.74) is 3.05. The maximum atomic E-state index is 8.91. The third-order valence-corrected chi connectivity index (χ3v) is 3.32. The SMILES string of the molecule is C[C@H](c1cccnc1)N(C)Cc1cccc(C#N)c1. The van der Waals surface area contributed by atoms with Crippen LogP contribution >= 0.6 is 0 Å². The summed E-state index contributed by atoms with van der Waals surface area (Å²) in [5, 5.41) is 8.91. The molecule has 3 heteroatoms. The first-order valence-electron chi connectivity index (χ1n) is 6.30. The second-order valence-corrected chi connectivity index (χ2v) is 4.69. The van der Waals surface area contributed by atoms with Gasteiger partial charge in [-0.15, -0.1) is 0 Å². The van der Waals surface area contributed by atoms with Crippen molar-refractivity contribution in [2.24, 2.45) is 0 Å². The van der Waals surface area contributed by atoms with E-state index in [4.69, 9.17) is 5.26 Å². The quantitative estimate of drug-likeness (QED) is 0.838. The Kier molecular flexibility index (Phi) is 4.27. The molecule has 0 radical (unpaired) electrons. The van der Waals surface area contributed by atoms with Crippen LogP contribution in [-0.2, 0) is 6.54 Å². The lowest BCUT2D eigenvalue weighted by molar-refractivity contribution is 0.252. The molecule has 19 heavy (non-hydrogen) atoms. The van der Waals surface area contributed by atoms with Crippen molar-refractivity contribution in [1.29, 1.82) is 5.26 Å². The van der Waals surface area contributed by atoms with Gasteiger partial charge < -0.3 is 0 Å². The molecule has 1 aromatic heterocycles. The molecule has 0 amide bonds. The Hall–Kier alpha value is -2.18. The standard InChI is InChI=1S/C16H17N3/c1-13(16-7-4-8-18-11-16)19(2)12-15-6-3-5-14(9-15)10-17/h3-9,11,13H,12H2,1-2H3/t13-/m1/s1. The zero-order chi connectivity index (χ0) is 13.7. The molecule has 2 rings (SSSR count). The average Bonchev–Trinajstić information content (AvgIpc) is 2.47. The lowest BCUT2D eigenvalue weighted by atomic mass is 10.1. The first-order valence-corrected chi connectivity index (χ1v) is 6.30. The van der Waals surface area contributed by atoms with E-state index in [1.165, 1.54) is 5.56 Å². The van der Waals surface area contributed by atoms with E-state index in [1.54, 1.807) is 6.20 Å². The Bertz CT molecular complexity index is 572. The van der Waals surface area contributed by atoms with Crippen LogP contribution in [-0.4, -0.2) is 16.9 Å². The molecule has 0 saturated heterocycles. The average molecular weight is 251 g/mol. The number of aromatic nitrogens is 1. The van der Waals surface area contributed by atoms with E-state index >= 15 is 0 Å². The van der Waals surface area contributed by atoms with Crippen LogP contribution in [0, 0.1) is 11.3 Å². The number of rotatable bonds is 4. The van der Waals surface area contributed by atoms with Gasteiger partial charge >= 0.3 is 0 Å². The molecule has 1 atom stereocenters. The molecule has 0 spiro atoms. The summed E-state index contributed by atoms with van der Waals surface area (Å²) in [7, 11) is 2.08. The normalized spacial score (nSPS) is 12.1. The molecule has 0 unspecified atom stereocenters. The van der Waals surface area contributed by atoms with Crippen LogP contribution in [0.3, 0.4) is 0 Å². The molecule has 96 valence electrons. The van der Waals surface area contributed by atoms with E-state index in [2.05, 4.69) is 36.0 Å². The maximum absolute atomic E-state index is 8.91. The zero-order valence-electron chi connectivity index (χ0n) is 11.2. The van der Waals surface area contributed by atoms with Crippen LogP contribution in [0.1, 0.15) is 29.7 Å². The Morgan fingerprint density at radius 2 is 2.16 bits per heavy atom. The highest BCUT2D eigenvalue weighted by Crippen LogP contribution is 2.19. The van der Waals surface area contributed by atoms with E-state index in [0.717, 1.165) is 12.1 Å². The van der Waals surface area contributed by atoms with Gasteiger partial charge in [0, 0.05) is 25.0 Å². The molecule has 0 aliphatic rings. The van der Waals surface area contributed by atoms with Crippen LogP contribution in [0.2, 0.25) is 0 Å². The molecule has 0 N–H and O–H groups in total. The summed E-state index contributed by atoms with van der Waals surface area (Å²) in [6.07, 6.45) is 3.68. The molecular weight excluding hydrogens is 234 g/mol. The van der Waals surface area contributed by atoms with Crippen molar-refractivity contribution in [2.75, 3.05) is 7.05 Å². The first kappa shape index (κ1) is 13.3. The van der Waals surface area contributed by atoms with E-state index in [-0.39, 0.29) is 0 Å². The Morgan fingerprint density at radius 1 is 1.32 bits per heavy atom. The minimum Gasteiger partial charge on any atom is -0.295 e. The number of hydrogen-bond donors (Lipinski definition) is 0. The molecule has 0 fully saturated rings. The van der Waals surface area contributed by atoms with Gasteiger partial charge in [-0.25, -0.2) is 0 Å². The third-order valence-electron chi connectivity index (χ3n) is 3.32. The zero-order valence-corrected chi connectivity index (χ0v) is 11.2. The van der Waals surface area contributed by atoms with Gasteiger partial charge in [0.15, 0.2) is 0 Å². The van der Waals surface area contributed by atoms with Crippen molar-refractivity contribution in [1.82, 2.24) is 9.88 Å². The summed E-state index contributed by atoms with van der Waals surface area (Å²) in [6, 6.07) is 14.2. The number of benzene rings is 1. The van der Waals surface area contributed by atoms with E-state index in [1.807, 2.05) is 36.5 Å². The third kappa shape index (κ3) is 3.40. The van der Waals surface area contributed by atoms with Crippen LogP contribution < -0.4 is 0 Å².